The number of fused-ring (bicyclic) bond motifs is 1. The highest BCUT2D eigenvalue weighted by Gasteiger charge is 2.20. The van der Waals surface area contributed by atoms with Crippen molar-refractivity contribution < 1.29 is 4.74 Å². The van der Waals surface area contributed by atoms with Crippen LogP contribution in [0.5, 0.6) is 5.75 Å². The number of nitrogens with one attached hydrogen (secondary N) is 1. The fraction of sp³-hybridized carbons (Fsp3) is 0.500. The molecule has 15 heavy (non-hydrogen) atoms. The minimum Gasteiger partial charge on any atom is -0.493 e. The first-order chi connectivity index (χ1) is 7.43. The van der Waals surface area contributed by atoms with E-state index in [-0.39, 0.29) is 0 Å². The Morgan fingerprint density at radius 1 is 1.40 bits per heavy atom. The third-order valence-electron chi connectivity index (χ3n) is 3.04. The molecule has 1 fully saturated rings. The summed E-state index contributed by atoms with van der Waals surface area (Å²) in [6, 6.07) is 6.41. The van der Waals surface area contributed by atoms with E-state index in [1.165, 1.54) is 22.6 Å². The Kier molecular flexibility index (Phi) is 2.59. The average molecular weight is 221 g/mol. The quantitative estimate of drug-likeness (QED) is 0.842. The molecule has 3 rings (SSSR count). The van der Waals surface area contributed by atoms with Crippen molar-refractivity contribution in [2.75, 3.05) is 25.4 Å². The van der Waals surface area contributed by atoms with E-state index in [4.69, 9.17) is 4.74 Å². The maximum atomic E-state index is 5.90. The lowest BCUT2D eigenvalue weighted by atomic mass is 10.1. The fourth-order valence-electron chi connectivity index (χ4n) is 2.00. The van der Waals surface area contributed by atoms with Gasteiger partial charge in [-0.2, -0.15) is 0 Å². The molecule has 0 saturated carbocycles. The summed E-state index contributed by atoms with van der Waals surface area (Å²) in [7, 11) is 0. The molecular formula is C12H15NOS. The predicted molar refractivity (Wildman–Crippen MR) is 62.7 cm³/mol. The van der Waals surface area contributed by atoms with Gasteiger partial charge in [-0.25, -0.2) is 0 Å². The van der Waals surface area contributed by atoms with Crippen molar-refractivity contribution in [3.8, 4) is 5.75 Å². The Labute approximate surface area is 94.4 Å². The Balaban J connectivity index is 1.71. The molecule has 3 heteroatoms. The predicted octanol–water partition coefficient (Wildman–Crippen LogP) is 1.93. The van der Waals surface area contributed by atoms with Crippen LogP contribution in [0.15, 0.2) is 23.1 Å². The Hall–Kier alpha value is -0.670. The Morgan fingerprint density at radius 2 is 2.33 bits per heavy atom. The molecule has 0 bridgehead atoms. The highest BCUT2D eigenvalue weighted by atomic mass is 32.2. The molecule has 1 N–H and O–H groups in total. The van der Waals surface area contributed by atoms with Gasteiger partial charge in [0.05, 0.1) is 6.61 Å². The second-order valence-electron chi connectivity index (χ2n) is 4.17. The highest BCUT2D eigenvalue weighted by Crippen LogP contribution is 2.37. The molecule has 2 nitrogen and oxygen atoms in total. The molecule has 1 aromatic rings. The van der Waals surface area contributed by atoms with Crippen LogP contribution in [0.25, 0.3) is 0 Å². The highest BCUT2D eigenvalue weighted by molar-refractivity contribution is 7.99. The van der Waals surface area contributed by atoms with Crippen molar-refractivity contribution in [1.29, 1.82) is 0 Å². The van der Waals surface area contributed by atoms with Crippen LogP contribution in [-0.4, -0.2) is 25.4 Å². The van der Waals surface area contributed by atoms with Gasteiger partial charge in [-0.1, -0.05) is 6.07 Å². The molecule has 0 aliphatic carbocycles. The van der Waals surface area contributed by atoms with Crippen molar-refractivity contribution in [3.63, 3.8) is 0 Å². The number of thioether (sulfide) groups is 1. The lowest BCUT2D eigenvalue weighted by Crippen LogP contribution is -2.45. The number of hydrogen-bond donors (Lipinski definition) is 1. The van der Waals surface area contributed by atoms with E-state index in [1.807, 2.05) is 11.8 Å². The molecular weight excluding hydrogens is 206 g/mol. The van der Waals surface area contributed by atoms with Crippen LogP contribution in [0.3, 0.4) is 0 Å². The summed E-state index contributed by atoms with van der Waals surface area (Å²) in [4.78, 5) is 1.42. The van der Waals surface area contributed by atoms with Crippen molar-refractivity contribution in [1.82, 2.24) is 5.32 Å². The lowest BCUT2D eigenvalue weighted by Gasteiger charge is -2.27. The van der Waals surface area contributed by atoms with E-state index in [0.29, 0.717) is 0 Å². The minimum absolute atomic E-state index is 0.718. The smallest absolute Gasteiger partial charge is 0.123 e. The van der Waals surface area contributed by atoms with E-state index in [0.717, 1.165) is 31.4 Å². The molecule has 0 atom stereocenters. The zero-order chi connectivity index (χ0) is 10.1. The third-order valence-corrected chi connectivity index (χ3v) is 4.14. The number of hydrogen-bond acceptors (Lipinski definition) is 3. The van der Waals surface area contributed by atoms with Gasteiger partial charge >= 0.3 is 0 Å². The molecule has 2 heterocycles. The molecule has 0 unspecified atom stereocenters. The maximum Gasteiger partial charge on any atom is 0.123 e. The van der Waals surface area contributed by atoms with Gasteiger partial charge in [-0.05, 0) is 18.6 Å². The van der Waals surface area contributed by atoms with Crippen molar-refractivity contribution in [3.05, 3.63) is 23.8 Å². The summed E-state index contributed by atoms with van der Waals surface area (Å²) >= 11 is 1.94. The first kappa shape index (κ1) is 9.55. The largest absolute Gasteiger partial charge is 0.493 e. The molecule has 2 aliphatic rings. The van der Waals surface area contributed by atoms with Gasteiger partial charge in [-0.15, -0.1) is 11.8 Å². The van der Waals surface area contributed by atoms with E-state index in [9.17, 15) is 0 Å². The van der Waals surface area contributed by atoms with E-state index in [1.54, 1.807) is 0 Å². The summed E-state index contributed by atoms with van der Waals surface area (Å²) in [5.41, 5.74) is 1.43. The van der Waals surface area contributed by atoms with Crippen LogP contribution in [0.1, 0.15) is 5.56 Å². The maximum absolute atomic E-state index is 5.90. The molecule has 0 spiro atoms. The average Bonchev–Trinajstić information content (AvgIpc) is 2.63. The van der Waals surface area contributed by atoms with E-state index in [2.05, 4.69) is 23.5 Å². The van der Waals surface area contributed by atoms with Crippen LogP contribution >= 0.6 is 11.8 Å². The van der Waals surface area contributed by atoms with Gasteiger partial charge in [-0.3, -0.25) is 0 Å². The van der Waals surface area contributed by atoms with Crippen LogP contribution in [0.2, 0.25) is 0 Å². The van der Waals surface area contributed by atoms with Crippen molar-refractivity contribution in [2.45, 2.75) is 11.3 Å². The van der Waals surface area contributed by atoms with Gasteiger partial charge in [0.25, 0.3) is 0 Å². The lowest BCUT2D eigenvalue weighted by molar-refractivity contribution is 0.197. The minimum atomic E-state index is 0.718. The fourth-order valence-corrected chi connectivity index (χ4v) is 3.08. The third kappa shape index (κ3) is 1.86. The first-order valence-electron chi connectivity index (χ1n) is 5.52. The van der Waals surface area contributed by atoms with Gasteiger partial charge in [0.1, 0.15) is 5.75 Å². The molecule has 0 amide bonds. The number of benzene rings is 1. The standard InChI is InChI=1S/C12H15NOS/c1-2-11(14-8-9-6-13-7-9)10-4-5-15-12(10)3-1/h1-3,9,13H,4-8H2. The first-order valence-corrected chi connectivity index (χ1v) is 6.50. The second-order valence-corrected chi connectivity index (χ2v) is 5.30. The monoisotopic (exact) mass is 221 g/mol. The molecule has 2 aliphatic heterocycles. The van der Waals surface area contributed by atoms with Gasteiger partial charge in [0.15, 0.2) is 0 Å². The number of rotatable bonds is 3. The summed E-state index contributed by atoms with van der Waals surface area (Å²) < 4.78 is 5.90. The van der Waals surface area contributed by atoms with Gasteiger partial charge in [0, 0.05) is 35.2 Å². The van der Waals surface area contributed by atoms with Crippen LogP contribution < -0.4 is 10.1 Å². The zero-order valence-electron chi connectivity index (χ0n) is 8.66. The summed E-state index contributed by atoms with van der Waals surface area (Å²) in [6.07, 6.45) is 1.17. The summed E-state index contributed by atoms with van der Waals surface area (Å²) in [6.45, 7) is 3.10. The van der Waals surface area contributed by atoms with E-state index >= 15 is 0 Å². The number of ether oxygens (including phenoxy) is 1. The van der Waals surface area contributed by atoms with Crippen LogP contribution in [-0.2, 0) is 6.42 Å². The summed E-state index contributed by atoms with van der Waals surface area (Å²) in [5.74, 6) is 3.04. The SMILES string of the molecule is c1cc(OCC2CNC2)c2c(c1)SCC2. The normalized spacial score (nSPS) is 19.7. The van der Waals surface area contributed by atoms with Gasteiger partial charge < -0.3 is 10.1 Å². The Bertz CT molecular complexity index is 363. The molecule has 1 saturated heterocycles. The van der Waals surface area contributed by atoms with Crippen molar-refractivity contribution >= 4 is 11.8 Å². The second kappa shape index (κ2) is 4.06. The molecule has 80 valence electrons. The van der Waals surface area contributed by atoms with Crippen LogP contribution in [0.4, 0.5) is 0 Å². The molecule has 0 radical (unpaired) electrons. The topological polar surface area (TPSA) is 21.3 Å². The summed E-state index contributed by atoms with van der Waals surface area (Å²) in [5, 5.41) is 3.27. The van der Waals surface area contributed by atoms with Gasteiger partial charge in [0.2, 0.25) is 0 Å². The zero-order valence-corrected chi connectivity index (χ0v) is 9.48. The van der Waals surface area contributed by atoms with E-state index < -0.39 is 0 Å². The van der Waals surface area contributed by atoms with Crippen molar-refractivity contribution in [2.24, 2.45) is 5.92 Å². The Morgan fingerprint density at radius 3 is 3.13 bits per heavy atom. The molecule has 1 aromatic carbocycles. The molecule has 0 aromatic heterocycles. The van der Waals surface area contributed by atoms with Crippen LogP contribution in [0, 0.1) is 5.92 Å².